The Kier molecular flexibility index (Phi) is 6.77. The lowest BCUT2D eigenvalue weighted by molar-refractivity contribution is -0.127. The number of para-hydroxylation sites is 1. The number of aromatic nitrogens is 2. The van der Waals surface area contributed by atoms with Gasteiger partial charge in [0.15, 0.2) is 5.16 Å². The molecule has 0 bridgehead atoms. The summed E-state index contributed by atoms with van der Waals surface area (Å²) in [7, 11) is 0. The molecule has 28 heavy (non-hydrogen) atoms. The number of halogens is 1. The molecule has 3 aromatic rings. The Balaban J connectivity index is 2.14. The van der Waals surface area contributed by atoms with Gasteiger partial charge in [-0.1, -0.05) is 30.0 Å². The first-order valence-corrected chi connectivity index (χ1v) is 11.2. The summed E-state index contributed by atoms with van der Waals surface area (Å²) in [6.07, 6.45) is 0. The van der Waals surface area contributed by atoms with Crippen molar-refractivity contribution in [3.63, 3.8) is 0 Å². The SMILES string of the molecule is CCN(CC)C(=O)CSc1nc2ccc(I)cc2c(=O)n1-c1ccccc1C. The minimum Gasteiger partial charge on any atom is -0.343 e. The molecule has 0 radical (unpaired) electrons. The van der Waals surface area contributed by atoms with Crippen molar-refractivity contribution in [1.82, 2.24) is 14.5 Å². The van der Waals surface area contributed by atoms with E-state index < -0.39 is 0 Å². The van der Waals surface area contributed by atoms with Gasteiger partial charge in [-0.2, -0.15) is 0 Å². The van der Waals surface area contributed by atoms with E-state index in [1.54, 1.807) is 9.47 Å². The number of fused-ring (bicyclic) bond motifs is 1. The summed E-state index contributed by atoms with van der Waals surface area (Å²) in [6, 6.07) is 13.4. The second-order valence-electron chi connectivity index (χ2n) is 6.34. The lowest BCUT2D eigenvalue weighted by atomic mass is 10.2. The number of hydrogen-bond donors (Lipinski definition) is 0. The highest BCUT2D eigenvalue weighted by atomic mass is 127. The summed E-state index contributed by atoms with van der Waals surface area (Å²) >= 11 is 3.51. The molecule has 0 aliphatic heterocycles. The molecular formula is C21H22IN3O2S. The zero-order valence-corrected chi connectivity index (χ0v) is 19.1. The number of amides is 1. The fourth-order valence-electron chi connectivity index (χ4n) is 3.05. The van der Waals surface area contributed by atoms with E-state index in [9.17, 15) is 9.59 Å². The van der Waals surface area contributed by atoms with Gasteiger partial charge < -0.3 is 4.90 Å². The Bertz CT molecular complexity index is 1080. The van der Waals surface area contributed by atoms with Gasteiger partial charge in [-0.25, -0.2) is 4.98 Å². The van der Waals surface area contributed by atoms with E-state index in [1.165, 1.54) is 11.8 Å². The number of rotatable bonds is 6. The highest BCUT2D eigenvalue weighted by molar-refractivity contribution is 14.1. The first-order chi connectivity index (χ1) is 13.5. The topological polar surface area (TPSA) is 55.2 Å². The molecule has 5 nitrogen and oxygen atoms in total. The lowest BCUT2D eigenvalue weighted by Gasteiger charge is -2.19. The van der Waals surface area contributed by atoms with Crippen molar-refractivity contribution in [2.24, 2.45) is 0 Å². The number of nitrogens with zero attached hydrogens (tertiary/aromatic N) is 3. The molecule has 146 valence electrons. The molecule has 0 saturated carbocycles. The third-order valence-electron chi connectivity index (χ3n) is 4.60. The van der Waals surface area contributed by atoms with Crippen LogP contribution in [0.15, 0.2) is 52.4 Å². The number of carbonyl (C=O) groups is 1. The van der Waals surface area contributed by atoms with Crippen LogP contribution < -0.4 is 5.56 Å². The zero-order valence-electron chi connectivity index (χ0n) is 16.1. The zero-order chi connectivity index (χ0) is 20.3. The standard InChI is InChI=1S/C21H22IN3O2S/c1-4-24(5-2)19(26)13-28-21-23-17-11-10-15(22)12-16(17)20(27)25(21)18-9-7-6-8-14(18)3/h6-12H,4-5,13H2,1-3H3. The van der Waals surface area contributed by atoms with Crippen LogP contribution in [0.25, 0.3) is 16.6 Å². The fraction of sp³-hybridized carbons (Fsp3) is 0.286. The molecule has 0 fully saturated rings. The summed E-state index contributed by atoms with van der Waals surface area (Å²) in [6.45, 7) is 7.24. The second-order valence-corrected chi connectivity index (χ2v) is 8.53. The Morgan fingerprint density at radius 3 is 2.57 bits per heavy atom. The molecule has 0 atom stereocenters. The minimum atomic E-state index is -0.115. The number of thioether (sulfide) groups is 1. The molecule has 0 aliphatic carbocycles. The smallest absolute Gasteiger partial charge is 0.266 e. The third-order valence-corrected chi connectivity index (χ3v) is 6.19. The lowest BCUT2D eigenvalue weighted by Crippen LogP contribution is -2.32. The van der Waals surface area contributed by atoms with Gasteiger partial charge in [0.2, 0.25) is 5.91 Å². The van der Waals surface area contributed by atoms with Crippen LogP contribution >= 0.6 is 34.4 Å². The van der Waals surface area contributed by atoms with Gasteiger partial charge in [0.05, 0.1) is 22.3 Å². The highest BCUT2D eigenvalue weighted by Crippen LogP contribution is 2.24. The molecule has 0 unspecified atom stereocenters. The number of benzene rings is 2. The first-order valence-electron chi connectivity index (χ1n) is 9.15. The summed E-state index contributed by atoms with van der Waals surface area (Å²) in [5.41, 5.74) is 2.30. The van der Waals surface area contributed by atoms with Gasteiger partial charge in [-0.3, -0.25) is 14.2 Å². The maximum atomic E-state index is 13.4. The average molecular weight is 507 g/mol. The van der Waals surface area contributed by atoms with Crippen molar-refractivity contribution in [2.45, 2.75) is 25.9 Å². The van der Waals surface area contributed by atoms with Gasteiger partial charge >= 0.3 is 0 Å². The third kappa shape index (κ3) is 4.25. The van der Waals surface area contributed by atoms with Gasteiger partial charge in [0.1, 0.15) is 0 Å². The summed E-state index contributed by atoms with van der Waals surface area (Å²) in [5.74, 6) is 0.291. The van der Waals surface area contributed by atoms with Crippen LogP contribution in [-0.2, 0) is 4.79 Å². The Morgan fingerprint density at radius 2 is 1.89 bits per heavy atom. The van der Waals surface area contributed by atoms with Crippen LogP contribution in [0, 0.1) is 10.5 Å². The Morgan fingerprint density at radius 1 is 1.18 bits per heavy atom. The van der Waals surface area contributed by atoms with Crippen LogP contribution in [0.3, 0.4) is 0 Å². The molecule has 1 aromatic heterocycles. The molecule has 1 amide bonds. The van der Waals surface area contributed by atoms with Crippen LogP contribution in [0.5, 0.6) is 0 Å². The molecular weight excluding hydrogens is 485 g/mol. The van der Waals surface area contributed by atoms with E-state index in [0.717, 1.165) is 14.8 Å². The summed E-state index contributed by atoms with van der Waals surface area (Å²) < 4.78 is 2.62. The maximum Gasteiger partial charge on any atom is 0.266 e. The number of aryl methyl sites for hydroxylation is 1. The molecule has 3 rings (SSSR count). The van der Waals surface area contributed by atoms with Crippen molar-refractivity contribution in [3.05, 3.63) is 62.0 Å². The maximum absolute atomic E-state index is 13.4. The molecule has 0 saturated heterocycles. The van der Waals surface area contributed by atoms with Crippen molar-refractivity contribution in [2.75, 3.05) is 18.8 Å². The van der Waals surface area contributed by atoms with Crippen molar-refractivity contribution >= 4 is 51.2 Å². The van der Waals surface area contributed by atoms with Crippen molar-refractivity contribution < 1.29 is 4.79 Å². The molecule has 7 heteroatoms. The molecule has 2 aromatic carbocycles. The minimum absolute atomic E-state index is 0.0447. The molecule has 0 N–H and O–H groups in total. The van der Waals surface area contributed by atoms with Crippen LogP contribution in [-0.4, -0.2) is 39.2 Å². The van der Waals surface area contributed by atoms with Gasteiger partial charge in [0, 0.05) is 16.7 Å². The predicted octanol–water partition coefficient (Wildman–Crippen LogP) is 4.26. The first kappa shape index (κ1) is 20.9. The fourth-order valence-corrected chi connectivity index (χ4v) is 4.45. The van der Waals surface area contributed by atoms with E-state index in [1.807, 2.05) is 63.2 Å². The highest BCUT2D eigenvalue weighted by Gasteiger charge is 2.17. The Labute approximate surface area is 182 Å². The predicted molar refractivity (Wildman–Crippen MR) is 123 cm³/mol. The summed E-state index contributed by atoms with van der Waals surface area (Å²) in [5, 5.41) is 1.11. The van der Waals surface area contributed by atoms with Crippen LogP contribution in [0.4, 0.5) is 0 Å². The molecule has 0 aliphatic rings. The second kappa shape index (κ2) is 9.09. The van der Waals surface area contributed by atoms with E-state index in [-0.39, 0.29) is 17.2 Å². The largest absolute Gasteiger partial charge is 0.343 e. The van der Waals surface area contributed by atoms with Gasteiger partial charge in [-0.15, -0.1) is 0 Å². The quantitative estimate of drug-likeness (QED) is 0.284. The van der Waals surface area contributed by atoms with Crippen molar-refractivity contribution in [3.8, 4) is 5.69 Å². The molecule has 1 heterocycles. The summed E-state index contributed by atoms with van der Waals surface area (Å²) in [4.78, 5) is 32.3. The monoisotopic (exact) mass is 507 g/mol. The van der Waals surface area contributed by atoms with Gasteiger partial charge in [-0.05, 0) is 73.2 Å². The van der Waals surface area contributed by atoms with E-state index >= 15 is 0 Å². The number of hydrogen-bond acceptors (Lipinski definition) is 4. The van der Waals surface area contributed by atoms with E-state index in [4.69, 9.17) is 4.98 Å². The van der Waals surface area contributed by atoms with Crippen LogP contribution in [0.2, 0.25) is 0 Å². The van der Waals surface area contributed by atoms with E-state index in [2.05, 4.69) is 22.6 Å². The average Bonchev–Trinajstić information content (AvgIpc) is 2.69. The normalized spacial score (nSPS) is 11.0. The van der Waals surface area contributed by atoms with Crippen LogP contribution in [0.1, 0.15) is 19.4 Å². The van der Waals surface area contributed by atoms with E-state index in [0.29, 0.717) is 29.1 Å². The Hall–Kier alpha value is -1.87. The molecule has 0 spiro atoms. The van der Waals surface area contributed by atoms with Crippen molar-refractivity contribution in [1.29, 1.82) is 0 Å². The van der Waals surface area contributed by atoms with Gasteiger partial charge in [0.25, 0.3) is 5.56 Å². The number of carbonyl (C=O) groups excluding carboxylic acids is 1.